The Labute approximate surface area is 198 Å². The lowest BCUT2D eigenvalue weighted by molar-refractivity contribution is -0.142. The molecule has 0 saturated heterocycles. The van der Waals surface area contributed by atoms with Gasteiger partial charge in [-0.1, -0.05) is 53.5 Å². The van der Waals surface area contributed by atoms with Crippen molar-refractivity contribution in [3.05, 3.63) is 62.6 Å². The molecule has 2 aromatic carbocycles. The summed E-state index contributed by atoms with van der Waals surface area (Å²) in [5.74, 6) is 0.456. The van der Waals surface area contributed by atoms with Gasteiger partial charge in [-0.3, -0.25) is 9.59 Å². The smallest absolute Gasteiger partial charge is 0.261 e. The highest BCUT2D eigenvalue weighted by atomic mass is 79.9. The van der Waals surface area contributed by atoms with E-state index < -0.39 is 6.04 Å². The van der Waals surface area contributed by atoms with Crippen LogP contribution in [-0.4, -0.2) is 35.9 Å². The molecule has 0 saturated carbocycles. The summed E-state index contributed by atoms with van der Waals surface area (Å²) in [4.78, 5) is 27.3. The van der Waals surface area contributed by atoms with Crippen molar-refractivity contribution in [1.82, 2.24) is 10.2 Å². The van der Waals surface area contributed by atoms with E-state index in [1.165, 1.54) is 0 Å². The van der Waals surface area contributed by atoms with Gasteiger partial charge in [-0.2, -0.15) is 0 Å². The van der Waals surface area contributed by atoms with E-state index in [9.17, 15) is 9.59 Å². The summed E-state index contributed by atoms with van der Waals surface area (Å²) < 4.78 is 6.71. The molecule has 0 aliphatic carbocycles. The molecule has 2 aromatic rings. The fraction of sp³-hybridized carbons (Fsp3) is 0.417. The molecule has 1 N–H and O–H groups in total. The molecule has 1 atom stereocenters. The monoisotopic (exact) mass is 508 g/mol. The van der Waals surface area contributed by atoms with Crippen LogP contribution in [0.25, 0.3) is 0 Å². The number of aryl methyl sites for hydroxylation is 2. The first-order valence-electron chi connectivity index (χ1n) is 10.3. The SMILES string of the molecule is Cc1cc(OCC(=O)N(Cc2ccc(Br)cc2)C(C)C(=O)NCC(C)C)cc(C)c1Cl. The van der Waals surface area contributed by atoms with Crippen molar-refractivity contribution in [1.29, 1.82) is 0 Å². The van der Waals surface area contributed by atoms with Crippen LogP contribution >= 0.6 is 27.5 Å². The maximum atomic E-state index is 13.1. The lowest BCUT2D eigenvalue weighted by Crippen LogP contribution is -2.49. The van der Waals surface area contributed by atoms with Gasteiger partial charge in [0.1, 0.15) is 11.8 Å². The Morgan fingerprint density at radius 3 is 2.23 bits per heavy atom. The van der Waals surface area contributed by atoms with Crippen molar-refractivity contribution in [3.63, 3.8) is 0 Å². The van der Waals surface area contributed by atoms with E-state index in [0.717, 1.165) is 21.2 Å². The standard InChI is InChI=1S/C24H30BrClN2O3/c1-15(2)12-27-24(30)18(5)28(13-19-6-8-20(25)9-7-19)22(29)14-31-21-10-16(3)23(26)17(4)11-21/h6-11,15,18H,12-14H2,1-5H3,(H,27,30). The van der Waals surface area contributed by atoms with Crippen LogP contribution in [0, 0.1) is 19.8 Å². The summed E-state index contributed by atoms with van der Waals surface area (Å²) in [6.07, 6.45) is 0. The lowest BCUT2D eigenvalue weighted by atomic mass is 10.1. The van der Waals surface area contributed by atoms with Crippen LogP contribution in [0.3, 0.4) is 0 Å². The fourth-order valence-corrected chi connectivity index (χ4v) is 3.41. The first kappa shape index (κ1) is 25.2. The molecular formula is C24H30BrClN2O3. The van der Waals surface area contributed by atoms with Gasteiger partial charge in [0.05, 0.1) is 0 Å². The summed E-state index contributed by atoms with van der Waals surface area (Å²) in [6.45, 7) is 10.3. The summed E-state index contributed by atoms with van der Waals surface area (Å²) in [7, 11) is 0. The van der Waals surface area contributed by atoms with Gasteiger partial charge in [0.15, 0.2) is 6.61 Å². The van der Waals surface area contributed by atoms with E-state index in [0.29, 0.717) is 29.8 Å². The van der Waals surface area contributed by atoms with Gasteiger partial charge in [0.25, 0.3) is 5.91 Å². The van der Waals surface area contributed by atoms with E-state index in [-0.39, 0.29) is 18.4 Å². The molecule has 7 heteroatoms. The average molecular weight is 510 g/mol. The third kappa shape index (κ3) is 7.54. The molecule has 0 aliphatic rings. The highest BCUT2D eigenvalue weighted by Gasteiger charge is 2.26. The Hall–Kier alpha value is -2.05. The number of benzene rings is 2. The minimum absolute atomic E-state index is 0.168. The Balaban J connectivity index is 2.16. The summed E-state index contributed by atoms with van der Waals surface area (Å²) in [5.41, 5.74) is 2.70. The van der Waals surface area contributed by atoms with Gasteiger partial charge in [-0.25, -0.2) is 0 Å². The maximum Gasteiger partial charge on any atom is 0.261 e. The third-order valence-corrected chi connectivity index (χ3v) is 6.02. The fourth-order valence-electron chi connectivity index (χ4n) is 3.04. The quantitative estimate of drug-likeness (QED) is 0.500. The van der Waals surface area contributed by atoms with Crippen LogP contribution in [-0.2, 0) is 16.1 Å². The molecule has 0 aromatic heterocycles. The molecule has 31 heavy (non-hydrogen) atoms. The number of rotatable bonds is 9. The predicted molar refractivity (Wildman–Crippen MR) is 128 cm³/mol. The number of ether oxygens (including phenoxy) is 1. The summed E-state index contributed by atoms with van der Waals surface area (Å²) in [6, 6.07) is 10.7. The van der Waals surface area contributed by atoms with Crippen molar-refractivity contribution in [3.8, 4) is 5.75 Å². The van der Waals surface area contributed by atoms with Crippen molar-refractivity contribution >= 4 is 39.3 Å². The molecule has 1 unspecified atom stereocenters. The Morgan fingerprint density at radius 1 is 1.10 bits per heavy atom. The molecule has 168 valence electrons. The molecular weight excluding hydrogens is 480 g/mol. The largest absolute Gasteiger partial charge is 0.484 e. The number of nitrogens with zero attached hydrogens (tertiary/aromatic N) is 1. The third-order valence-electron chi connectivity index (χ3n) is 4.89. The number of carbonyl (C=O) groups excluding carboxylic acids is 2. The maximum absolute atomic E-state index is 13.1. The van der Waals surface area contributed by atoms with Crippen LogP contribution in [0.4, 0.5) is 0 Å². The summed E-state index contributed by atoms with van der Waals surface area (Å²) in [5, 5.41) is 3.60. The zero-order chi connectivity index (χ0) is 23.1. The van der Waals surface area contributed by atoms with Crippen LogP contribution in [0.1, 0.15) is 37.5 Å². The molecule has 2 amide bonds. The molecule has 0 fully saturated rings. The topological polar surface area (TPSA) is 58.6 Å². The van der Waals surface area contributed by atoms with Crippen LogP contribution < -0.4 is 10.1 Å². The highest BCUT2D eigenvalue weighted by Crippen LogP contribution is 2.26. The van der Waals surface area contributed by atoms with E-state index in [1.807, 2.05) is 52.0 Å². The van der Waals surface area contributed by atoms with E-state index in [1.54, 1.807) is 24.0 Å². The molecule has 2 rings (SSSR count). The normalized spacial score (nSPS) is 11.9. The minimum Gasteiger partial charge on any atom is -0.484 e. The van der Waals surface area contributed by atoms with Crippen LogP contribution in [0.5, 0.6) is 5.75 Å². The minimum atomic E-state index is -0.632. The van der Waals surface area contributed by atoms with Gasteiger partial charge in [-0.15, -0.1) is 0 Å². The van der Waals surface area contributed by atoms with E-state index in [2.05, 4.69) is 21.2 Å². The van der Waals surface area contributed by atoms with E-state index in [4.69, 9.17) is 16.3 Å². The Kier molecular flexibility index (Phi) is 9.38. The number of hydrogen-bond acceptors (Lipinski definition) is 3. The van der Waals surface area contributed by atoms with Gasteiger partial charge in [0, 0.05) is 22.6 Å². The molecule has 0 aliphatic heterocycles. The Morgan fingerprint density at radius 2 is 1.68 bits per heavy atom. The average Bonchev–Trinajstić information content (AvgIpc) is 2.73. The lowest BCUT2D eigenvalue weighted by Gasteiger charge is -2.29. The van der Waals surface area contributed by atoms with Gasteiger partial charge in [-0.05, 0) is 67.6 Å². The second-order valence-corrected chi connectivity index (χ2v) is 9.42. The number of halogens is 2. The van der Waals surface area contributed by atoms with Crippen molar-refractivity contribution in [2.24, 2.45) is 5.92 Å². The van der Waals surface area contributed by atoms with Crippen molar-refractivity contribution in [2.75, 3.05) is 13.2 Å². The Bertz CT molecular complexity index is 893. The molecule has 0 heterocycles. The second kappa shape index (κ2) is 11.5. The van der Waals surface area contributed by atoms with Crippen LogP contribution in [0.15, 0.2) is 40.9 Å². The zero-order valence-electron chi connectivity index (χ0n) is 18.7. The molecule has 0 spiro atoms. The van der Waals surface area contributed by atoms with Gasteiger partial charge < -0.3 is 15.0 Å². The molecule has 0 radical (unpaired) electrons. The first-order chi connectivity index (χ1) is 14.6. The number of amides is 2. The van der Waals surface area contributed by atoms with Gasteiger partial charge in [0.2, 0.25) is 5.91 Å². The first-order valence-corrected chi connectivity index (χ1v) is 11.5. The number of carbonyl (C=O) groups is 2. The number of nitrogens with one attached hydrogen (secondary N) is 1. The van der Waals surface area contributed by atoms with Crippen molar-refractivity contribution < 1.29 is 14.3 Å². The zero-order valence-corrected chi connectivity index (χ0v) is 21.0. The number of hydrogen-bond donors (Lipinski definition) is 1. The highest BCUT2D eigenvalue weighted by molar-refractivity contribution is 9.10. The van der Waals surface area contributed by atoms with Crippen LogP contribution in [0.2, 0.25) is 5.02 Å². The van der Waals surface area contributed by atoms with Gasteiger partial charge >= 0.3 is 0 Å². The van der Waals surface area contributed by atoms with Crippen molar-refractivity contribution in [2.45, 2.75) is 47.2 Å². The molecule has 5 nitrogen and oxygen atoms in total. The molecule has 0 bridgehead atoms. The second-order valence-electron chi connectivity index (χ2n) is 8.12. The van der Waals surface area contributed by atoms with E-state index >= 15 is 0 Å². The summed E-state index contributed by atoms with van der Waals surface area (Å²) >= 11 is 9.63. The predicted octanol–water partition coefficient (Wildman–Crippen LogP) is 5.29.